The van der Waals surface area contributed by atoms with E-state index in [2.05, 4.69) is 40.0 Å². The Hall–Kier alpha value is -2.11. The summed E-state index contributed by atoms with van der Waals surface area (Å²) in [4.78, 5) is 13.6. The topological polar surface area (TPSA) is 48.0 Å². The number of nitrogens with zero attached hydrogens (tertiary/aromatic N) is 1. The minimum atomic E-state index is -0.127. The number of benzene rings is 2. The Kier molecular flexibility index (Phi) is 6.47. The molecule has 3 rings (SSSR count). The molecule has 0 bridgehead atoms. The van der Waals surface area contributed by atoms with Gasteiger partial charge in [0.1, 0.15) is 5.75 Å². The first-order valence-electron chi connectivity index (χ1n) is 9.18. The van der Waals surface area contributed by atoms with Crippen molar-refractivity contribution in [2.75, 3.05) is 40.5 Å². The van der Waals surface area contributed by atoms with E-state index >= 15 is 0 Å². The highest BCUT2D eigenvalue weighted by Crippen LogP contribution is 2.28. The summed E-state index contributed by atoms with van der Waals surface area (Å²) in [7, 11) is 3.12. The predicted molar refractivity (Wildman–Crippen MR) is 102 cm³/mol. The molecule has 0 N–H and O–H groups in total. The minimum absolute atomic E-state index is 0.0934. The molecule has 5 heteroatoms. The van der Waals surface area contributed by atoms with Gasteiger partial charge in [-0.05, 0) is 53.9 Å². The number of hydrogen-bond donors (Lipinski definition) is 0. The maximum atomic E-state index is 11.2. The molecule has 0 saturated carbocycles. The summed E-state index contributed by atoms with van der Waals surface area (Å²) in [5.41, 5.74) is 1.21. The van der Waals surface area contributed by atoms with Gasteiger partial charge in [-0.1, -0.05) is 18.2 Å². The fourth-order valence-corrected chi connectivity index (χ4v) is 3.38. The van der Waals surface area contributed by atoms with Gasteiger partial charge in [0.25, 0.3) is 0 Å². The monoisotopic (exact) mass is 357 g/mol. The first-order valence-corrected chi connectivity index (χ1v) is 9.18. The van der Waals surface area contributed by atoms with E-state index in [9.17, 15) is 4.79 Å². The lowest BCUT2D eigenvalue weighted by atomic mass is 10.0. The number of rotatable bonds is 7. The predicted octanol–water partition coefficient (Wildman–Crippen LogP) is 3.57. The first kappa shape index (κ1) is 18.7. The molecule has 5 nitrogen and oxygen atoms in total. The van der Waals surface area contributed by atoms with Crippen molar-refractivity contribution >= 4 is 16.7 Å². The molecule has 1 aliphatic rings. The van der Waals surface area contributed by atoms with Crippen LogP contribution in [0.1, 0.15) is 30.9 Å². The zero-order valence-corrected chi connectivity index (χ0v) is 15.6. The van der Waals surface area contributed by atoms with E-state index in [0.717, 1.165) is 44.8 Å². The quantitative estimate of drug-likeness (QED) is 0.560. The van der Waals surface area contributed by atoms with E-state index in [1.54, 1.807) is 7.11 Å². The van der Waals surface area contributed by atoms with Gasteiger partial charge in [0.05, 0.1) is 26.9 Å². The SMILES string of the molecule is COC(=O)CCCCN1CCOC(c2ccc3cc(OC)ccc3c2)C1. The highest BCUT2D eigenvalue weighted by atomic mass is 16.5. The third-order valence-corrected chi connectivity index (χ3v) is 4.93. The van der Waals surface area contributed by atoms with Crippen LogP contribution in [-0.4, -0.2) is 51.3 Å². The van der Waals surface area contributed by atoms with Crippen molar-refractivity contribution in [3.8, 4) is 5.75 Å². The van der Waals surface area contributed by atoms with Crippen LogP contribution in [0.5, 0.6) is 5.75 Å². The van der Waals surface area contributed by atoms with Crippen LogP contribution < -0.4 is 4.74 Å². The fourth-order valence-electron chi connectivity index (χ4n) is 3.38. The zero-order chi connectivity index (χ0) is 18.4. The van der Waals surface area contributed by atoms with Crippen molar-refractivity contribution in [2.45, 2.75) is 25.4 Å². The fraction of sp³-hybridized carbons (Fsp3) is 0.476. The third kappa shape index (κ3) is 4.74. The number of carbonyl (C=O) groups is 1. The number of morpholine rings is 1. The van der Waals surface area contributed by atoms with E-state index < -0.39 is 0 Å². The Morgan fingerprint density at radius 2 is 1.96 bits per heavy atom. The van der Waals surface area contributed by atoms with Gasteiger partial charge in [0.2, 0.25) is 0 Å². The number of ether oxygens (including phenoxy) is 3. The van der Waals surface area contributed by atoms with E-state index in [0.29, 0.717) is 6.42 Å². The number of esters is 1. The van der Waals surface area contributed by atoms with Crippen LogP contribution in [-0.2, 0) is 14.3 Å². The lowest BCUT2D eigenvalue weighted by Gasteiger charge is -2.33. The van der Waals surface area contributed by atoms with Crippen LogP contribution in [0.15, 0.2) is 36.4 Å². The van der Waals surface area contributed by atoms with Gasteiger partial charge < -0.3 is 14.2 Å². The molecule has 0 spiro atoms. The number of carbonyl (C=O) groups excluding carboxylic acids is 1. The minimum Gasteiger partial charge on any atom is -0.497 e. The Labute approximate surface area is 154 Å². The van der Waals surface area contributed by atoms with Crippen LogP contribution in [0.2, 0.25) is 0 Å². The van der Waals surface area contributed by atoms with E-state index in [1.807, 2.05) is 6.07 Å². The average molecular weight is 357 g/mol. The summed E-state index contributed by atoms with van der Waals surface area (Å²) in [6, 6.07) is 12.6. The van der Waals surface area contributed by atoms with Crippen molar-refractivity contribution in [3.63, 3.8) is 0 Å². The molecule has 1 unspecified atom stereocenters. The van der Waals surface area contributed by atoms with Crippen LogP contribution in [0, 0.1) is 0 Å². The molecule has 140 valence electrons. The Morgan fingerprint density at radius 3 is 2.77 bits per heavy atom. The highest BCUT2D eigenvalue weighted by molar-refractivity contribution is 5.84. The van der Waals surface area contributed by atoms with Crippen molar-refractivity contribution < 1.29 is 19.0 Å². The normalized spacial score (nSPS) is 18.0. The summed E-state index contributed by atoms with van der Waals surface area (Å²) in [6.45, 7) is 3.56. The van der Waals surface area contributed by atoms with Crippen LogP contribution in [0.4, 0.5) is 0 Å². The van der Waals surface area contributed by atoms with Crippen molar-refractivity contribution in [2.24, 2.45) is 0 Å². The molecule has 1 atom stereocenters. The van der Waals surface area contributed by atoms with Crippen molar-refractivity contribution in [1.82, 2.24) is 4.90 Å². The van der Waals surface area contributed by atoms with E-state index in [-0.39, 0.29) is 12.1 Å². The van der Waals surface area contributed by atoms with Gasteiger partial charge in [0.15, 0.2) is 0 Å². The highest BCUT2D eigenvalue weighted by Gasteiger charge is 2.22. The average Bonchev–Trinajstić information content (AvgIpc) is 2.70. The van der Waals surface area contributed by atoms with Gasteiger partial charge in [-0.2, -0.15) is 0 Å². The maximum Gasteiger partial charge on any atom is 0.305 e. The summed E-state index contributed by atoms with van der Waals surface area (Å²) >= 11 is 0. The zero-order valence-electron chi connectivity index (χ0n) is 15.6. The molecular formula is C21H27NO4. The summed E-state index contributed by atoms with van der Waals surface area (Å²) in [6.07, 6.45) is 2.46. The summed E-state index contributed by atoms with van der Waals surface area (Å²) < 4.78 is 16.0. The molecule has 0 amide bonds. The molecule has 1 aliphatic heterocycles. The van der Waals surface area contributed by atoms with Gasteiger partial charge in [-0.3, -0.25) is 9.69 Å². The second-order valence-corrected chi connectivity index (χ2v) is 6.67. The number of hydrogen-bond acceptors (Lipinski definition) is 5. The Bertz CT molecular complexity index is 746. The van der Waals surface area contributed by atoms with Crippen LogP contribution in [0.25, 0.3) is 10.8 Å². The second kappa shape index (κ2) is 9.01. The number of methoxy groups -OCH3 is 2. The lowest BCUT2D eigenvalue weighted by molar-refractivity contribution is -0.140. The molecule has 1 fully saturated rings. The number of fused-ring (bicyclic) bond motifs is 1. The van der Waals surface area contributed by atoms with Crippen molar-refractivity contribution in [3.05, 3.63) is 42.0 Å². The second-order valence-electron chi connectivity index (χ2n) is 6.67. The largest absolute Gasteiger partial charge is 0.497 e. The van der Waals surface area contributed by atoms with Crippen LogP contribution in [0.3, 0.4) is 0 Å². The van der Waals surface area contributed by atoms with E-state index in [4.69, 9.17) is 9.47 Å². The van der Waals surface area contributed by atoms with Gasteiger partial charge in [-0.15, -0.1) is 0 Å². The summed E-state index contributed by atoms with van der Waals surface area (Å²) in [5, 5.41) is 2.37. The number of unbranched alkanes of at least 4 members (excludes halogenated alkanes) is 1. The molecule has 0 aliphatic carbocycles. The molecular weight excluding hydrogens is 330 g/mol. The third-order valence-electron chi connectivity index (χ3n) is 4.93. The molecule has 2 aromatic rings. The molecule has 2 aromatic carbocycles. The molecule has 0 radical (unpaired) electrons. The Balaban J connectivity index is 1.58. The molecule has 1 heterocycles. The van der Waals surface area contributed by atoms with Gasteiger partial charge in [0, 0.05) is 19.5 Å². The Morgan fingerprint density at radius 1 is 1.15 bits per heavy atom. The smallest absolute Gasteiger partial charge is 0.305 e. The van der Waals surface area contributed by atoms with Crippen LogP contribution >= 0.6 is 0 Å². The van der Waals surface area contributed by atoms with E-state index in [1.165, 1.54) is 23.4 Å². The van der Waals surface area contributed by atoms with Crippen molar-refractivity contribution in [1.29, 1.82) is 0 Å². The standard InChI is InChI=1S/C21H27NO4/c1-24-19-9-8-16-13-18(7-6-17(16)14-19)20-15-22(11-12-26-20)10-4-3-5-21(23)25-2/h6-9,13-14,20H,3-5,10-12,15H2,1-2H3. The first-order chi connectivity index (χ1) is 12.7. The van der Waals surface area contributed by atoms with Gasteiger partial charge in [-0.25, -0.2) is 0 Å². The molecule has 1 saturated heterocycles. The molecule has 26 heavy (non-hydrogen) atoms. The lowest BCUT2D eigenvalue weighted by Crippen LogP contribution is -2.38. The summed E-state index contributed by atoms with van der Waals surface area (Å²) in [5.74, 6) is 0.745. The maximum absolute atomic E-state index is 11.2. The molecule has 0 aromatic heterocycles. The van der Waals surface area contributed by atoms with Gasteiger partial charge >= 0.3 is 5.97 Å².